The normalized spacial score (nSPS) is 14.8. The lowest BCUT2D eigenvalue weighted by Crippen LogP contribution is -2.57. The highest BCUT2D eigenvalue weighted by Crippen LogP contribution is 2.17. The predicted molar refractivity (Wildman–Crippen MR) is 78.3 cm³/mol. The van der Waals surface area contributed by atoms with E-state index >= 15 is 0 Å². The second-order valence-electron chi connectivity index (χ2n) is 5.08. The average molecular weight is 295 g/mol. The number of carbonyl (C=O) groups is 1. The summed E-state index contributed by atoms with van der Waals surface area (Å²) in [6, 6.07) is 3.79. The Bertz CT molecular complexity index is 810. The SMILES string of the molecule is O=C(c1cnc2ncccn12)N1CC(Nc2ccncn2)C1. The molecule has 1 aliphatic rings. The van der Waals surface area contributed by atoms with Gasteiger partial charge in [-0.05, 0) is 12.1 Å². The maximum Gasteiger partial charge on any atom is 0.272 e. The number of nitrogens with zero attached hydrogens (tertiary/aromatic N) is 6. The number of amides is 1. The summed E-state index contributed by atoms with van der Waals surface area (Å²) in [5, 5.41) is 3.27. The van der Waals surface area contributed by atoms with Crippen molar-refractivity contribution < 1.29 is 4.79 Å². The van der Waals surface area contributed by atoms with E-state index in [1.807, 2.05) is 0 Å². The molecular weight excluding hydrogens is 282 g/mol. The summed E-state index contributed by atoms with van der Waals surface area (Å²) in [4.78, 5) is 30.5. The van der Waals surface area contributed by atoms with Gasteiger partial charge in [-0.2, -0.15) is 0 Å². The molecule has 0 aromatic carbocycles. The van der Waals surface area contributed by atoms with Gasteiger partial charge < -0.3 is 10.2 Å². The summed E-state index contributed by atoms with van der Waals surface area (Å²) in [7, 11) is 0. The smallest absolute Gasteiger partial charge is 0.272 e. The van der Waals surface area contributed by atoms with Crippen LogP contribution in [0.2, 0.25) is 0 Å². The van der Waals surface area contributed by atoms with Crippen LogP contribution in [0.5, 0.6) is 0 Å². The van der Waals surface area contributed by atoms with Gasteiger partial charge in [0, 0.05) is 31.7 Å². The van der Waals surface area contributed by atoms with Crippen LogP contribution in [0.15, 0.2) is 43.2 Å². The first-order valence-electron chi connectivity index (χ1n) is 6.91. The summed E-state index contributed by atoms with van der Waals surface area (Å²) in [6.45, 7) is 1.27. The van der Waals surface area contributed by atoms with Crippen LogP contribution in [-0.2, 0) is 0 Å². The standard InChI is InChI=1S/C14H13N7O/c22-13(11-6-17-14-16-3-1-5-21(11)14)20-7-10(8-20)19-12-2-4-15-9-18-12/h1-6,9-10H,7-8H2,(H,15,18,19). The monoisotopic (exact) mass is 295 g/mol. The lowest BCUT2D eigenvalue weighted by Gasteiger charge is -2.39. The van der Waals surface area contributed by atoms with Gasteiger partial charge in [-0.1, -0.05) is 0 Å². The Labute approximate surface area is 125 Å². The van der Waals surface area contributed by atoms with E-state index in [9.17, 15) is 4.79 Å². The number of nitrogens with one attached hydrogen (secondary N) is 1. The number of hydrogen-bond donors (Lipinski definition) is 1. The highest BCUT2D eigenvalue weighted by Gasteiger charge is 2.32. The predicted octanol–water partition coefficient (Wildman–Crippen LogP) is 0.456. The number of fused-ring (bicyclic) bond motifs is 1. The third-order valence-electron chi connectivity index (χ3n) is 3.61. The van der Waals surface area contributed by atoms with Crippen LogP contribution in [-0.4, -0.2) is 54.3 Å². The van der Waals surface area contributed by atoms with Crippen LogP contribution in [0.1, 0.15) is 10.5 Å². The molecule has 1 amide bonds. The van der Waals surface area contributed by atoms with Crippen LogP contribution in [0.4, 0.5) is 5.82 Å². The molecule has 1 saturated heterocycles. The minimum Gasteiger partial charge on any atom is -0.364 e. The molecule has 0 bridgehead atoms. The zero-order valence-electron chi connectivity index (χ0n) is 11.6. The van der Waals surface area contributed by atoms with E-state index in [1.165, 1.54) is 6.33 Å². The molecule has 1 N–H and O–H groups in total. The molecule has 4 rings (SSSR count). The number of hydrogen-bond acceptors (Lipinski definition) is 6. The number of imidazole rings is 1. The van der Waals surface area contributed by atoms with Crippen LogP contribution in [0.3, 0.4) is 0 Å². The Balaban J connectivity index is 1.43. The molecule has 110 valence electrons. The van der Waals surface area contributed by atoms with Gasteiger partial charge in [0.2, 0.25) is 5.78 Å². The van der Waals surface area contributed by atoms with E-state index in [0.717, 1.165) is 5.82 Å². The highest BCUT2D eigenvalue weighted by molar-refractivity contribution is 5.93. The zero-order chi connectivity index (χ0) is 14.9. The Morgan fingerprint density at radius 1 is 1.23 bits per heavy atom. The van der Waals surface area contributed by atoms with Gasteiger partial charge in [0.25, 0.3) is 5.91 Å². The third kappa shape index (κ3) is 2.14. The van der Waals surface area contributed by atoms with Gasteiger partial charge in [-0.25, -0.2) is 19.9 Å². The fourth-order valence-electron chi connectivity index (χ4n) is 2.47. The molecule has 8 heteroatoms. The number of likely N-dealkylation sites (tertiary alicyclic amines) is 1. The van der Waals surface area contributed by atoms with Crippen molar-refractivity contribution in [2.24, 2.45) is 0 Å². The van der Waals surface area contributed by atoms with Gasteiger partial charge in [-0.15, -0.1) is 0 Å². The molecular formula is C14H13N7O. The number of anilines is 1. The number of aromatic nitrogens is 5. The van der Waals surface area contributed by atoms with Crippen molar-refractivity contribution >= 4 is 17.5 Å². The van der Waals surface area contributed by atoms with Crippen molar-refractivity contribution in [2.75, 3.05) is 18.4 Å². The Morgan fingerprint density at radius 2 is 2.14 bits per heavy atom. The summed E-state index contributed by atoms with van der Waals surface area (Å²) in [6.07, 6.45) is 8.19. The third-order valence-corrected chi connectivity index (χ3v) is 3.61. The minimum absolute atomic E-state index is 0.0405. The molecule has 0 unspecified atom stereocenters. The Kier molecular flexibility index (Phi) is 2.92. The molecule has 1 aliphatic heterocycles. The molecule has 0 atom stereocenters. The molecule has 3 aromatic heterocycles. The molecule has 22 heavy (non-hydrogen) atoms. The molecule has 1 fully saturated rings. The van der Waals surface area contributed by atoms with Crippen molar-refractivity contribution in [1.82, 2.24) is 29.2 Å². The Hall–Kier alpha value is -3.03. The van der Waals surface area contributed by atoms with Crippen LogP contribution < -0.4 is 5.32 Å². The second kappa shape index (κ2) is 5.06. The first kappa shape index (κ1) is 12.7. The fourth-order valence-corrected chi connectivity index (χ4v) is 2.47. The first-order chi connectivity index (χ1) is 10.8. The van der Waals surface area contributed by atoms with E-state index in [-0.39, 0.29) is 11.9 Å². The Morgan fingerprint density at radius 3 is 2.95 bits per heavy atom. The molecule has 3 aromatic rings. The van der Waals surface area contributed by atoms with Gasteiger partial charge in [0.15, 0.2) is 0 Å². The maximum atomic E-state index is 12.5. The number of rotatable bonds is 3. The van der Waals surface area contributed by atoms with Gasteiger partial charge in [0.1, 0.15) is 17.8 Å². The van der Waals surface area contributed by atoms with E-state index in [2.05, 4.69) is 25.3 Å². The van der Waals surface area contributed by atoms with Crippen LogP contribution >= 0.6 is 0 Å². The van der Waals surface area contributed by atoms with E-state index < -0.39 is 0 Å². The molecule has 0 radical (unpaired) electrons. The van der Waals surface area contributed by atoms with Crippen molar-refractivity contribution in [3.05, 3.63) is 48.9 Å². The van der Waals surface area contributed by atoms with Gasteiger partial charge in [-0.3, -0.25) is 9.20 Å². The lowest BCUT2D eigenvalue weighted by atomic mass is 10.1. The summed E-state index contributed by atoms with van der Waals surface area (Å²) < 4.78 is 1.70. The second-order valence-corrected chi connectivity index (χ2v) is 5.08. The average Bonchev–Trinajstić information content (AvgIpc) is 2.95. The van der Waals surface area contributed by atoms with E-state index in [4.69, 9.17) is 0 Å². The molecule has 0 saturated carbocycles. The topological polar surface area (TPSA) is 88.3 Å². The van der Waals surface area contributed by atoms with E-state index in [0.29, 0.717) is 24.6 Å². The maximum absolute atomic E-state index is 12.5. The van der Waals surface area contributed by atoms with Crippen molar-refractivity contribution in [1.29, 1.82) is 0 Å². The molecule has 8 nitrogen and oxygen atoms in total. The fraction of sp³-hybridized carbons (Fsp3) is 0.214. The van der Waals surface area contributed by atoms with Gasteiger partial charge in [0.05, 0.1) is 12.2 Å². The zero-order valence-corrected chi connectivity index (χ0v) is 11.6. The number of carbonyl (C=O) groups excluding carboxylic acids is 1. The van der Waals surface area contributed by atoms with E-state index in [1.54, 1.807) is 46.2 Å². The van der Waals surface area contributed by atoms with Gasteiger partial charge >= 0.3 is 0 Å². The molecule has 4 heterocycles. The highest BCUT2D eigenvalue weighted by atomic mass is 16.2. The largest absolute Gasteiger partial charge is 0.364 e. The summed E-state index contributed by atoms with van der Waals surface area (Å²) in [5.41, 5.74) is 0.531. The van der Waals surface area contributed by atoms with Crippen LogP contribution in [0, 0.1) is 0 Å². The van der Waals surface area contributed by atoms with Crippen molar-refractivity contribution in [3.63, 3.8) is 0 Å². The summed E-state index contributed by atoms with van der Waals surface area (Å²) >= 11 is 0. The quantitative estimate of drug-likeness (QED) is 0.755. The lowest BCUT2D eigenvalue weighted by molar-refractivity contribution is 0.0617. The van der Waals surface area contributed by atoms with Crippen molar-refractivity contribution in [3.8, 4) is 0 Å². The molecule has 0 spiro atoms. The van der Waals surface area contributed by atoms with Crippen molar-refractivity contribution in [2.45, 2.75) is 6.04 Å². The first-order valence-corrected chi connectivity index (χ1v) is 6.91. The minimum atomic E-state index is -0.0405. The van der Waals surface area contributed by atoms with Crippen LogP contribution in [0.25, 0.3) is 5.78 Å². The summed E-state index contributed by atoms with van der Waals surface area (Å²) in [5.74, 6) is 1.26. The molecule has 0 aliphatic carbocycles.